The highest BCUT2D eigenvalue weighted by Crippen LogP contribution is 2.55. The van der Waals surface area contributed by atoms with Crippen molar-refractivity contribution < 1.29 is 0 Å². The maximum Gasteiger partial charge on any atom is -0.0352 e. The lowest BCUT2D eigenvalue weighted by Crippen LogP contribution is -2.23. The fraction of sp³-hybridized carbons (Fsp3) is 1.00. The Morgan fingerprint density at radius 2 is 1.69 bits per heavy atom. The Labute approximate surface area is 83.1 Å². The van der Waals surface area contributed by atoms with Gasteiger partial charge in [0.15, 0.2) is 0 Å². The van der Waals surface area contributed by atoms with E-state index in [1.165, 1.54) is 12.8 Å². The van der Waals surface area contributed by atoms with Gasteiger partial charge in [-0.2, -0.15) is 0 Å². The lowest BCUT2D eigenvalue weighted by molar-refractivity contribution is 0.185. The SMILES string of the molecule is CCC1C2CCC(C2)C1CC(C)C. The summed E-state index contributed by atoms with van der Waals surface area (Å²) in [6.07, 6.45) is 7.63. The Morgan fingerprint density at radius 3 is 2.23 bits per heavy atom. The summed E-state index contributed by atoms with van der Waals surface area (Å²) in [5.41, 5.74) is 0. The molecule has 0 aliphatic heterocycles. The lowest BCUT2D eigenvalue weighted by Gasteiger charge is -2.31. The summed E-state index contributed by atoms with van der Waals surface area (Å²) in [5, 5.41) is 0. The lowest BCUT2D eigenvalue weighted by atomic mass is 9.74. The van der Waals surface area contributed by atoms with E-state index in [4.69, 9.17) is 0 Å². The zero-order valence-corrected chi connectivity index (χ0v) is 9.42. The van der Waals surface area contributed by atoms with Crippen molar-refractivity contribution in [2.45, 2.75) is 52.9 Å². The molecule has 0 saturated heterocycles. The molecule has 0 spiro atoms. The first kappa shape index (κ1) is 9.55. The van der Waals surface area contributed by atoms with Crippen LogP contribution in [0.15, 0.2) is 0 Å². The molecule has 2 aliphatic rings. The first-order valence-corrected chi connectivity index (χ1v) is 6.22. The van der Waals surface area contributed by atoms with Crippen LogP contribution < -0.4 is 0 Å². The van der Waals surface area contributed by atoms with Gasteiger partial charge in [-0.15, -0.1) is 0 Å². The minimum absolute atomic E-state index is 0.915. The summed E-state index contributed by atoms with van der Waals surface area (Å²) in [7, 11) is 0. The standard InChI is InChI=1S/C13H24/c1-4-12-10-5-6-11(8-10)13(12)7-9(2)3/h9-13H,4-8H2,1-3H3. The maximum atomic E-state index is 2.40. The topological polar surface area (TPSA) is 0 Å². The summed E-state index contributed by atoms with van der Waals surface area (Å²) < 4.78 is 0. The van der Waals surface area contributed by atoms with Crippen molar-refractivity contribution in [3.05, 3.63) is 0 Å². The number of fused-ring (bicyclic) bond motifs is 2. The fourth-order valence-electron chi connectivity index (χ4n) is 4.08. The van der Waals surface area contributed by atoms with Crippen molar-refractivity contribution in [3.8, 4) is 0 Å². The van der Waals surface area contributed by atoms with Crippen LogP contribution in [0.1, 0.15) is 52.9 Å². The van der Waals surface area contributed by atoms with E-state index in [2.05, 4.69) is 20.8 Å². The van der Waals surface area contributed by atoms with Crippen molar-refractivity contribution in [1.29, 1.82) is 0 Å². The van der Waals surface area contributed by atoms with Gasteiger partial charge in [-0.1, -0.05) is 27.2 Å². The van der Waals surface area contributed by atoms with E-state index in [9.17, 15) is 0 Å². The van der Waals surface area contributed by atoms with Gasteiger partial charge in [0.1, 0.15) is 0 Å². The first-order chi connectivity index (χ1) is 6.22. The van der Waals surface area contributed by atoms with Gasteiger partial charge in [-0.3, -0.25) is 0 Å². The van der Waals surface area contributed by atoms with E-state index >= 15 is 0 Å². The van der Waals surface area contributed by atoms with E-state index < -0.39 is 0 Å². The largest absolute Gasteiger partial charge is 0.0651 e. The molecule has 2 bridgehead atoms. The molecule has 0 nitrogen and oxygen atoms in total. The van der Waals surface area contributed by atoms with E-state index in [1.54, 1.807) is 19.3 Å². The van der Waals surface area contributed by atoms with Gasteiger partial charge in [0.05, 0.1) is 0 Å². The molecule has 2 fully saturated rings. The Hall–Kier alpha value is 0. The molecule has 0 aromatic heterocycles. The third-order valence-electron chi connectivity index (χ3n) is 4.49. The van der Waals surface area contributed by atoms with Gasteiger partial charge >= 0.3 is 0 Å². The van der Waals surface area contributed by atoms with Gasteiger partial charge in [0.25, 0.3) is 0 Å². The average Bonchev–Trinajstić information content (AvgIpc) is 2.62. The average molecular weight is 180 g/mol. The molecule has 0 N–H and O–H groups in total. The zero-order valence-electron chi connectivity index (χ0n) is 9.42. The van der Waals surface area contributed by atoms with Crippen LogP contribution in [-0.4, -0.2) is 0 Å². The molecule has 4 atom stereocenters. The Bertz CT molecular complexity index is 171. The van der Waals surface area contributed by atoms with Crippen molar-refractivity contribution in [3.63, 3.8) is 0 Å². The highest BCUT2D eigenvalue weighted by molar-refractivity contribution is 4.95. The number of rotatable bonds is 3. The second kappa shape index (κ2) is 3.63. The predicted molar refractivity (Wildman–Crippen MR) is 57.6 cm³/mol. The monoisotopic (exact) mass is 180 g/mol. The van der Waals surface area contributed by atoms with Crippen molar-refractivity contribution in [2.24, 2.45) is 29.6 Å². The normalized spacial score (nSPS) is 43.4. The van der Waals surface area contributed by atoms with Crippen LogP contribution in [0.25, 0.3) is 0 Å². The van der Waals surface area contributed by atoms with Crippen LogP contribution in [0.5, 0.6) is 0 Å². The molecular formula is C13H24. The molecule has 0 amide bonds. The second-order valence-corrected chi connectivity index (χ2v) is 5.70. The first-order valence-electron chi connectivity index (χ1n) is 6.22. The van der Waals surface area contributed by atoms with Crippen LogP contribution in [-0.2, 0) is 0 Å². The summed E-state index contributed by atoms with van der Waals surface area (Å²) in [5.74, 6) is 5.36. The van der Waals surface area contributed by atoms with Crippen molar-refractivity contribution in [2.75, 3.05) is 0 Å². The molecule has 2 aliphatic carbocycles. The quantitative estimate of drug-likeness (QED) is 0.613. The van der Waals surface area contributed by atoms with Crippen LogP contribution >= 0.6 is 0 Å². The third-order valence-corrected chi connectivity index (χ3v) is 4.49. The summed E-state index contributed by atoms with van der Waals surface area (Å²) in [6.45, 7) is 7.18. The fourth-order valence-corrected chi connectivity index (χ4v) is 4.08. The molecule has 2 saturated carbocycles. The second-order valence-electron chi connectivity index (χ2n) is 5.70. The molecule has 4 unspecified atom stereocenters. The molecule has 0 heterocycles. The van der Waals surface area contributed by atoms with Crippen LogP contribution in [0.2, 0.25) is 0 Å². The molecule has 0 aromatic carbocycles. The Kier molecular flexibility index (Phi) is 2.67. The van der Waals surface area contributed by atoms with Crippen LogP contribution in [0.3, 0.4) is 0 Å². The van der Waals surface area contributed by atoms with Gasteiger partial charge in [0.2, 0.25) is 0 Å². The van der Waals surface area contributed by atoms with Gasteiger partial charge in [-0.05, 0) is 55.3 Å². The minimum Gasteiger partial charge on any atom is -0.0651 e. The van der Waals surface area contributed by atoms with E-state index in [0.717, 1.165) is 29.6 Å². The summed E-state index contributed by atoms with van der Waals surface area (Å²) >= 11 is 0. The highest BCUT2D eigenvalue weighted by atomic mass is 14.5. The number of hydrogen-bond acceptors (Lipinski definition) is 0. The smallest absolute Gasteiger partial charge is 0.0352 e. The van der Waals surface area contributed by atoms with Crippen molar-refractivity contribution in [1.82, 2.24) is 0 Å². The van der Waals surface area contributed by atoms with Crippen LogP contribution in [0, 0.1) is 29.6 Å². The van der Waals surface area contributed by atoms with Gasteiger partial charge < -0.3 is 0 Å². The van der Waals surface area contributed by atoms with Crippen LogP contribution in [0.4, 0.5) is 0 Å². The molecule has 0 radical (unpaired) electrons. The van der Waals surface area contributed by atoms with E-state index in [-0.39, 0.29) is 0 Å². The number of hydrogen-bond donors (Lipinski definition) is 0. The summed E-state index contributed by atoms with van der Waals surface area (Å²) in [4.78, 5) is 0. The van der Waals surface area contributed by atoms with E-state index in [1.807, 2.05) is 0 Å². The van der Waals surface area contributed by atoms with Gasteiger partial charge in [-0.25, -0.2) is 0 Å². The predicted octanol–water partition coefficient (Wildman–Crippen LogP) is 4.10. The molecule has 0 heteroatoms. The molecule has 0 aromatic rings. The molecule has 13 heavy (non-hydrogen) atoms. The van der Waals surface area contributed by atoms with E-state index in [0.29, 0.717) is 0 Å². The Balaban J connectivity index is 2.00. The molecular weight excluding hydrogens is 156 g/mol. The van der Waals surface area contributed by atoms with Crippen molar-refractivity contribution >= 4 is 0 Å². The molecule has 2 rings (SSSR count). The van der Waals surface area contributed by atoms with Gasteiger partial charge in [0, 0.05) is 0 Å². The summed E-state index contributed by atoms with van der Waals surface area (Å²) in [6, 6.07) is 0. The Morgan fingerprint density at radius 1 is 1.08 bits per heavy atom. The minimum atomic E-state index is 0.915. The highest BCUT2D eigenvalue weighted by Gasteiger charge is 2.45. The molecule has 76 valence electrons. The zero-order chi connectivity index (χ0) is 9.42. The maximum absolute atomic E-state index is 2.40. The third kappa shape index (κ3) is 1.65.